The van der Waals surface area contributed by atoms with Gasteiger partial charge in [-0.15, -0.1) is 0 Å². The first kappa shape index (κ1) is 24.4. The van der Waals surface area contributed by atoms with Crippen LogP contribution in [0.5, 0.6) is 17.2 Å². The van der Waals surface area contributed by atoms with Crippen LogP contribution in [0, 0.1) is 0 Å². The molecule has 1 N–H and O–H groups in total. The van der Waals surface area contributed by atoms with Crippen molar-refractivity contribution >= 4 is 20.9 Å². The van der Waals surface area contributed by atoms with Gasteiger partial charge >= 0.3 is 5.69 Å². The highest BCUT2D eigenvalue weighted by atomic mass is 32.2. The Bertz CT molecular complexity index is 1520. The van der Waals surface area contributed by atoms with Crippen molar-refractivity contribution in [2.75, 3.05) is 32.8 Å². The van der Waals surface area contributed by atoms with E-state index in [1.165, 1.54) is 11.7 Å². The molecule has 4 aromatic rings. The van der Waals surface area contributed by atoms with E-state index in [1.54, 1.807) is 31.4 Å². The van der Waals surface area contributed by atoms with Gasteiger partial charge in [0.2, 0.25) is 0 Å². The smallest absolute Gasteiger partial charge is 0.327 e. The number of hydrogen-bond donors (Lipinski definition) is 1. The molecule has 0 aliphatic carbocycles. The van der Waals surface area contributed by atoms with Crippen LogP contribution in [0.1, 0.15) is 18.5 Å². The number of rotatable bonds is 9. The van der Waals surface area contributed by atoms with E-state index in [9.17, 15) is 13.2 Å². The molecule has 0 saturated heterocycles. The van der Waals surface area contributed by atoms with Crippen molar-refractivity contribution in [3.8, 4) is 28.4 Å². The highest BCUT2D eigenvalue weighted by Gasteiger charge is 2.26. The maximum atomic E-state index is 13.3. The molecule has 1 heterocycles. The molecular weight excluding hydrogens is 468 g/mol. The van der Waals surface area contributed by atoms with Crippen LogP contribution in [0.4, 0.5) is 0 Å². The minimum atomic E-state index is -3.46. The van der Waals surface area contributed by atoms with Crippen LogP contribution in [-0.4, -0.2) is 50.8 Å². The molecule has 0 aliphatic rings. The van der Waals surface area contributed by atoms with Crippen molar-refractivity contribution in [1.82, 2.24) is 9.55 Å². The number of fused-ring (bicyclic) bond motifs is 1. The summed E-state index contributed by atoms with van der Waals surface area (Å²) in [7, 11) is -0.334. The molecule has 0 bridgehead atoms. The minimum absolute atomic E-state index is 0.267. The number of H-pyrrole nitrogens is 1. The van der Waals surface area contributed by atoms with E-state index in [2.05, 4.69) is 4.98 Å². The molecule has 8 nitrogen and oxygen atoms in total. The van der Waals surface area contributed by atoms with Crippen LogP contribution in [0.3, 0.4) is 0 Å². The van der Waals surface area contributed by atoms with Gasteiger partial charge in [-0.25, -0.2) is 13.2 Å². The molecule has 3 aromatic carbocycles. The highest BCUT2D eigenvalue weighted by Crippen LogP contribution is 2.36. The fourth-order valence-corrected chi connectivity index (χ4v) is 5.24. The highest BCUT2D eigenvalue weighted by molar-refractivity contribution is 7.90. The van der Waals surface area contributed by atoms with Crippen molar-refractivity contribution in [2.24, 2.45) is 0 Å². The van der Waals surface area contributed by atoms with E-state index >= 15 is 0 Å². The summed E-state index contributed by atoms with van der Waals surface area (Å²) < 4.78 is 43.0. The van der Waals surface area contributed by atoms with E-state index < -0.39 is 21.6 Å². The second-order valence-corrected chi connectivity index (χ2v) is 10.3. The number of hydrogen-bond acceptors (Lipinski definition) is 6. The minimum Gasteiger partial charge on any atom is -0.496 e. The van der Waals surface area contributed by atoms with E-state index in [-0.39, 0.29) is 5.75 Å². The lowest BCUT2D eigenvalue weighted by Gasteiger charge is -2.20. The molecule has 4 rings (SSSR count). The number of aromatic amines is 1. The zero-order valence-corrected chi connectivity index (χ0v) is 20.9. The van der Waals surface area contributed by atoms with E-state index in [0.717, 1.165) is 17.4 Å². The first-order valence-corrected chi connectivity index (χ1v) is 13.2. The van der Waals surface area contributed by atoms with Gasteiger partial charge in [-0.3, -0.25) is 4.57 Å². The quantitative estimate of drug-likeness (QED) is 0.375. The summed E-state index contributed by atoms with van der Waals surface area (Å²) >= 11 is 0. The molecule has 0 aliphatic heterocycles. The van der Waals surface area contributed by atoms with Crippen LogP contribution in [0.25, 0.3) is 22.2 Å². The molecule has 1 unspecified atom stereocenters. The first-order chi connectivity index (χ1) is 16.8. The second-order valence-electron chi connectivity index (χ2n) is 8.15. The third-order valence-corrected chi connectivity index (χ3v) is 6.72. The average molecular weight is 497 g/mol. The van der Waals surface area contributed by atoms with Gasteiger partial charge in [0.05, 0.1) is 43.7 Å². The van der Waals surface area contributed by atoms with Gasteiger partial charge in [0.25, 0.3) is 0 Å². The normalized spacial score (nSPS) is 12.5. The van der Waals surface area contributed by atoms with Crippen molar-refractivity contribution in [3.05, 3.63) is 76.7 Å². The molecule has 0 amide bonds. The number of nitrogens with one attached hydrogen (secondary N) is 1. The van der Waals surface area contributed by atoms with Crippen molar-refractivity contribution in [3.63, 3.8) is 0 Å². The molecule has 184 valence electrons. The van der Waals surface area contributed by atoms with Gasteiger partial charge in [-0.05, 0) is 36.8 Å². The summed E-state index contributed by atoms with van der Waals surface area (Å²) in [6, 6.07) is 17.5. The second kappa shape index (κ2) is 9.87. The number of aromatic nitrogens is 2. The Morgan fingerprint density at radius 1 is 0.914 bits per heavy atom. The lowest BCUT2D eigenvalue weighted by atomic mass is 10.0. The molecule has 0 radical (unpaired) electrons. The molecular formula is C26H28N2O6S. The Balaban J connectivity index is 1.96. The third kappa shape index (κ3) is 4.90. The fraction of sp³-hybridized carbons (Fsp3) is 0.269. The SMILES string of the molecule is CCOc1cc(C(CS(C)(=O)=O)n2c(=O)[nH]c3c(-c4ccccc4OC)cccc32)ccc1OC. The molecule has 0 saturated carbocycles. The van der Waals surface area contributed by atoms with Gasteiger partial charge in [0, 0.05) is 17.4 Å². The van der Waals surface area contributed by atoms with Crippen LogP contribution in [0.15, 0.2) is 65.5 Å². The van der Waals surface area contributed by atoms with E-state index in [4.69, 9.17) is 14.2 Å². The maximum Gasteiger partial charge on any atom is 0.327 e. The zero-order chi connectivity index (χ0) is 25.2. The lowest BCUT2D eigenvalue weighted by Crippen LogP contribution is -2.28. The summed E-state index contributed by atoms with van der Waals surface area (Å²) in [6.45, 7) is 2.26. The van der Waals surface area contributed by atoms with Crippen LogP contribution < -0.4 is 19.9 Å². The number of benzene rings is 3. The fourth-order valence-electron chi connectivity index (χ4n) is 4.33. The molecule has 1 aromatic heterocycles. The van der Waals surface area contributed by atoms with Crippen molar-refractivity contribution in [1.29, 1.82) is 0 Å². The predicted octanol–water partition coefficient (Wildman–Crippen LogP) is 4.05. The average Bonchev–Trinajstić information content (AvgIpc) is 3.17. The summed E-state index contributed by atoms with van der Waals surface area (Å²) in [5, 5.41) is 0. The Labute approximate surface area is 204 Å². The number of methoxy groups -OCH3 is 2. The zero-order valence-electron chi connectivity index (χ0n) is 20.1. The molecule has 35 heavy (non-hydrogen) atoms. The third-order valence-electron chi connectivity index (χ3n) is 5.79. The van der Waals surface area contributed by atoms with Gasteiger partial charge in [-0.2, -0.15) is 0 Å². The first-order valence-electron chi connectivity index (χ1n) is 11.1. The van der Waals surface area contributed by atoms with Gasteiger partial charge in [0.1, 0.15) is 15.6 Å². The monoisotopic (exact) mass is 496 g/mol. The topological polar surface area (TPSA) is 99.6 Å². The summed E-state index contributed by atoms with van der Waals surface area (Å²) in [4.78, 5) is 16.3. The van der Waals surface area contributed by atoms with Crippen molar-refractivity contribution < 1.29 is 22.6 Å². The maximum absolute atomic E-state index is 13.3. The van der Waals surface area contributed by atoms with Gasteiger partial charge in [0.15, 0.2) is 11.5 Å². The lowest BCUT2D eigenvalue weighted by molar-refractivity contribution is 0.310. The Morgan fingerprint density at radius 2 is 1.63 bits per heavy atom. The van der Waals surface area contributed by atoms with Crippen LogP contribution >= 0.6 is 0 Å². The Hall–Kier alpha value is -3.72. The Morgan fingerprint density at radius 3 is 2.31 bits per heavy atom. The standard InChI is InChI=1S/C26H28N2O6S/c1-5-34-24-15-17(13-14-23(24)33-3)21(16-35(4,30)31)28-20-11-8-10-19(25(20)27-26(28)29)18-9-6-7-12-22(18)32-2/h6-15,21H,5,16H2,1-4H3,(H,27,29). The van der Waals surface area contributed by atoms with Gasteiger partial charge in [-0.1, -0.05) is 36.4 Å². The van der Waals surface area contributed by atoms with E-state index in [0.29, 0.717) is 40.5 Å². The molecule has 0 fully saturated rings. The summed E-state index contributed by atoms with van der Waals surface area (Å²) in [5.74, 6) is 1.40. The largest absolute Gasteiger partial charge is 0.496 e. The Kier molecular flexibility index (Phi) is 6.88. The number of sulfone groups is 1. The van der Waals surface area contributed by atoms with E-state index in [1.807, 2.05) is 43.3 Å². The number of nitrogens with zero attached hydrogens (tertiary/aromatic N) is 1. The number of para-hydroxylation sites is 2. The number of imidazole rings is 1. The molecule has 9 heteroatoms. The summed E-state index contributed by atoms with van der Waals surface area (Å²) in [5.41, 5.74) is 2.98. The molecule has 1 atom stereocenters. The molecule has 0 spiro atoms. The van der Waals surface area contributed by atoms with Crippen LogP contribution in [0.2, 0.25) is 0 Å². The van der Waals surface area contributed by atoms with Crippen LogP contribution in [-0.2, 0) is 9.84 Å². The van der Waals surface area contributed by atoms with Crippen molar-refractivity contribution in [2.45, 2.75) is 13.0 Å². The van der Waals surface area contributed by atoms with Gasteiger partial charge < -0.3 is 19.2 Å². The number of ether oxygens (including phenoxy) is 3. The predicted molar refractivity (Wildman–Crippen MR) is 137 cm³/mol. The summed E-state index contributed by atoms with van der Waals surface area (Å²) in [6.07, 6.45) is 1.16.